The molecule has 0 saturated heterocycles. The van der Waals surface area contributed by atoms with Crippen LogP contribution < -0.4 is 0 Å². The zero-order chi connectivity index (χ0) is 8.27. The predicted molar refractivity (Wildman–Crippen MR) is 47.1 cm³/mol. The lowest BCUT2D eigenvalue weighted by molar-refractivity contribution is -0.115. The summed E-state index contributed by atoms with van der Waals surface area (Å²) in [6.07, 6.45) is 5.21. The van der Waals surface area contributed by atoms with Gasteiger partial charge in [-0.3, -0.25) is 4.79 Å². The Morgan fingerprint density at radius 2 is 1.82 bits per heavy atom. The zero-order valence-corrected chi connectivity index (χ0v) is 7.87. The van der Waals surface area contributed by atoms with Crippen molar-refractivity contribution in [1.82, 2.24) is 0 Å². The van der Waals surface area contributed by atoms with Crippen molar-refractivity contribution in [3.05, 3.63) is 0 Å². The molecule has 1 saturated carbocycles. The highest BCUT2D eigenvalue weighted by molar-refractivity contribution is 6.64. The molecule has 0 aliphatic heterocycles. The van der Waals surface area contributed by atoms with Gasteiger partial charge in [-0.25, -0.2) is 0 Å². The normalized spacial score (nSPS) is 32.9. The van der Waals surface area contributed by atoms with Crippen LogP contribution in [0.1, 0.15) is 32.1 Å². The average molecular weight is 195 g/mol. The quantitative estimate of drug-likeness (QED) is 0.357. The Kier molecular flexibility index (Phi) is 3.67. The van der Waals surface area contributed by atoms with Crippen molar-refractivity contribution in [2.75, 3.05) is 0 Å². The number of hydrogen-bond acceptors (Lipinski definition) is 1. The number of carbonyl (C=O) groups excluding carboxylic acids is 1. The maximum absolute atomic E-state index is 10.8. The van der Waals surface area contributed by atoms with E-state index in [4.69, 9.17) is 23.2 Å². The minimum atomic E-state index is -0.257. The minimum absolute atomic E-state index is 0.0255. The van der Waals surface area contributed by atoms with E-state index in [1.54, 1.807) is 0 Å². The maximum atomic E-state index is 10.8. The van der Waals surface area contributed by atoms with E-state index >= 15 is 0 Å². The van der Waals surface area contributed by atoms with Crippen LogP contribution in [0.4, 0.5) is 0 Å². The fourth-order valence-electron chi connectivity index (χ4n) is 1.52. The number of rotatable bonds is 1. The van der Waals surface area contributed by atoms with Crippen LogP contribution >= 0.6 is 23.2 Å². The van der Waals surface area contributed by atoms with Crippen LogP contribution in [0.5, 0.6) is 0 Å². The van der Waals surface area contributed by atoms with E-state index in [2.05, 4.69) is 0 Å². The molecule has 0 spiro atoms. The van der Waals surface area contributed by atoms with Gasteiger partial charge >= 0.3 is 0 Å². The molecule has 0 heterocycles. The van der Waals surface area contributed by atoms with Crippen LogP contribution in [-0.4, -0.2) is 10.6 Å². The third-order valence-electron chi connectivity index (χ3n) is 2.22. The molecule has 0 N–H and O–H groups in total. The van der Waals surface area contributed by atoms with Crippen LogP contribution in [0, 0.1) is 5.92 Å². The van der Waals surface area contributed by atoms with E-state index in [0.717, 1.165) is 25.7 Å². The number of hydrogen-bond donors (Lipinski definition) is 0. The summed E-state index contributed by atoms with van der Waals surface area (Å²) in [5.41, 5.74) is 0. The van der Waals surface area contributed by atoms with Crippen molar-refractivity contribution < 1.29 is 4.79 Å². The molecule has 0 aromatic rings. The molecule has 64 valence electrons. The van der Waals surface area contributed by atoms with Crippen molar-refractivity contribution in [3.8, 4) is 0 Å². The van der Waals surface area contributed by atoms with E-state index in [1.807, 2.05) is 0 Å². The fraction of sp³-hybridized carbons (Fsp3) is 0.875. The van der Waals surface area contributed by atoms with Gasteiger partial charge in [0.15, 0.2) is 0 Å². The molecule has 1 rings (SSSR count). The highest BCUT2D eigenvalue weighted by Crippen LogP contribution is 2.28. The molecule has 2 atom stereocenters. The summed E-state index contributed by atoms with van der Waals surface area (Å²) < 4.78 is 0. The number of alkyl halides is 1. The molecule has 11 heavy (non-hydrogen) atoms. The van der Waals surface area contributed by atoms with Gasteiger partial charge in [-0.15, -0.1) is 11.6 Å². The van der Waals surface area contributed by atoms with E-state index in [1.165, 1.54) is 6.42 Å². The molecule has 3 heteroatoms. The van der Waals surface area contributed by atoms with Gasteiger partial charge in [-0.05, 0) is 24.4 Å². The van der Waals surface area contributed by atoms with Gasteiger partial charge in [0.25, 0.3) is 0 Å². The van der Waals surface area contributed by atoms with Gasteiger partial charge in [0.05, 0.1) is 0 Å². The number of carbonyl (C=O) groups is 1. The first-order valence-corrected chi connectivity index (χ1v) is 4.86. The second-order valence-electron chi connectivity index (χ2n) is 3.06. The molecule has 1 fully saturated rings. The molecule has 0 aromatic carbocycles. The first-order valence-electron chi connectivity index (χ1n) is 4.05. The second-order valence-corrected chi connectivity index (χ2v) is 4.00. The first-order chi connectivity index (χ1) is 5.22. The largest absolute Gasteiger partial charge is 0.281 e. The molecule has 1 aliphatic carbocycles. The Balaban J connectivity index is 2.52. The Hall–Kier alpha value is 0.250. The van der Waals surface area contributed by atoms with Gasteiger partial charge in [-0.1, -0.05) is 19.3 Å². The molecule has 1 aliphatic rings. The van der Waals surface area contributed by atoms with Crippen molar-refractivity contribution in [1.29, 1.82) is 0 Å². The van der Waals surface area contributed by atoms with E-state index in [9.17, 15) is 4.79 Å². The standard InChI is InChI=1S/C8H12Cl2O/c9-7-5-3-1-2-4-6(7)8(10)11/h6-7H,1-5H2. The van der Waals surface area contributed by atoms with Gasteiger partial charge in [0, 0.05) is 11.3 Å². The van der Waals surface area contributed by atoms with Crippen LogP contribution in [0.3, 0.4) is 0 Å². The van der Waals surface area contributed by atoms with Crippen LogP contribution in [0.2, 0.25) is 0 Å². The molecule has 2 unspecified atom stereocenters. The SMILES string of the molecule is O=C(Cl)C1CCCCCC1Cl. The molecule has 1 nitrogen and oxygen atoms in total. The van der Waals surface area contributed by atoms with Gasteiger partial charge < -0.3 is 0 Å². The lowest BCUT2D eigenvalue weighted by Crippen LogP contribution is -2.19. The van der Waals surface area contributed by atoms with Gasteiger partial charge in [0.1, 0.15) is 0 Å². The lowest BCUT2D eigenvalue weighted by Gasteiger charge is -2.13. The maximum Gasteiger partial charge on any atom is 0.226 e. The highest BCUT2D eigenvalue weighted by Gasteiger charge is 2.26. The predicted octanol–water partition coefficient (Wildman–Crippen LogP) is 2.94. The Morgan fingerprint density at radius 1 is 1.18 bits per heavy atom. The summed E-state index contributed by atoms with van der Waals surface area (Å²) in [5.74, 6) is -0.0965. The second kappa shape index (κ2) is 4.32. The van der Waals surface area contributed by atoms with Crippen molar-refractivity contribution in [2.45, 2.75) is 37.5 Å². The van der Waals surface area contributed by atoms with E-state index in [-0.39, 0.29) is 16.5 Å². The van der Waals surface area contributed by atoms with E-state index < -0.39 is 0 Å². The lowest BCUT2D eigenvalue weighted by atomic mass is 10.0. The Bertz CT molecular complexity index is 147. The highest BCUT2D eigenvalue weighted by atomic mass is 35.5. The topological polar surface area (TPSA) is 17.1 Å². The average Bonchev–Trinajstić information content (AvgIpc) is 2.13. The third kappa shape index (κ3) is 2.64. The summed E-state index contributed by atoms with van der Waals surface area (Å²) in [6.45, 7) is 0. The fourth-order valence-corrected chi connectivity index (χ4v) is 2.24. The Morgan fingerprint density at radius 3 is 2.45 bits per heavy atom. The summed E-state index contributed by atoms with van der Waals surface area (Å²) >= 11 is 11.4. The summed E-state index contributed by atoms with van der Waals surface area (Å²) in [7, 11) is 0. The summed E-state index contributed by atoms with van der Waals surface area (Å²) in [6, 6.07) is 0. The molecule has 0 bridgehead atoms. The summed E-state index contributed by atoms with van der Waals surface area (Å²) in [5, 5.41) is -0.283. The molecule has 0 aromatic heterocycles. The Labute approximate surface area is 77.1 Å². The molecule has 0 amide bonds. The van der Waals surface area contributed by atoms with E-state index in [0.29, 0.717) is 0 Å². The van der Waals surface area contributed by atoms with Crippen LogP contribution in [0.15, 0.2) is 0 Å². The minimum Gasteiger partial charge on any atom is -0.281 e. The van der Waals surface area contributed by atoms with Gasteiger partial charge in [0.2, 0.25) is 5.24 Å². The number of halogens is 2. The molecular formula is C8H12Cl2O. The van der Waals surface area contributed by atoms with Crippen LogP contribution in [0.25, 0.3) is 0 Å². The molecular weight excluding hydrogens is 183 g/mol. The first kappa shape index (κ1) is 9.34. The molecule has 0 radical (unpaired) electrons. The van der Waals surface area contributed by atoms with Crippen molar-refractivity contribution in [2.24, 2.45) is 5.92 Å². The summed E-state index contributed by atoms with van der Waals surface area (Å²) in [4.78, 5) is 10.8. The zero-order valence-electron chi connectivity index (χ0n) is 6.35. The van der Waals surface area contributed by atoms with Gasteiger partial charge in [-0.2, -0.15) is 0 Å². The monoisotopic (exact) mass is 194 g/mol. The van der Waals surface area contributed by atoms with Crippen molar-refractivity contribution in [3.63, 3.8) is 0 Å². The van der Waals surface area contributed by atoms with Crippen molar-refractivity contribution >= 4 is 28.4 Å². The van der Waals surface area contributed by atoms with Crippen LogP contribution in [-0.2, 0) is 4.79 Å². The smallest absolute Gasteiger partial charge is 0.226 e. The third-order valence-corrected chi connectivity index (χ3v) is 3.03.